The predicted molar refractivity (Wildman–Crippen MR) is 102 cm³/mol. The molecule has 2 aromatic carbocycles. The Morgan fingerprint density at radius 1 is 0.760 bits per heavy atom. The van der Waals surface area contributed by atoms with Gasteiger partial charge in [0.25, 0.3) is 10.0 Å². The Labute approximate surface area is 149 Å². The molecule has 0 aliphatic heterocycles. The second-order valence-electron chi connectivity index (χ2n) is 6.32. The zero-order chi connectivity index (χ0) is 18.9. The van der Waals surface area contributed by atoms with Gasteiger partial charge in [-0.2, -0.15) is 0 Å². The molecule has 25 heavy (non-hydrogen) atoms. The third-order valence-electron chi connectivity index (χ3n) is 4.66. The lowest BCUT2D eigenvalue weighted by molar-refractivity contribution is -0.114. The van der Waals surface area contributed by atoms with Gasteiger partial charge in [0, 0.05) is 18.3 Å². The van der Waals surface area contributed by atoms with Crippen LogP contribution in [0.3, 0.4) is 0 Å². The normalized spacial score (nSPS) is 11.3. The highest BCUT2D eigenvalue weighted by atomic mass is 32.2. The van der Waals surface area contributed by atoms with E-state index in [1.165, 1.54) is 6.92 Å². The summed E-state index contributed by atoms with van der Waals surface area (Å²) in [6.45, 7) is 11.0. The van der Waals surface area contributed by atoms with Crippen LogP contribution in [0.5, 0.6) is 0 Å². The zero-order valence-electron chi connectivity index (χ0n) is 15.4. The van der Waals surface area contributed by atoms with E-state index in [1.54, 1.807) is 24.3 Å². The van der Waals surface area contributed by atoms with E-state index in [1.807, 2.05) is 34.6 Å². The van der Waals surface area contributed by atoms with Gasteiger partial charge in [-0.05, 0) is 86.7 Å². The van der Waals surface area contributed by atoms with Crippen molar-refractivity contribution in [3.8, 4) is 0 Å². The third-order valence-corrected chi connectivity index (χ3v) is 6.31. The highest BCUT2D eigenvalue weighted by Crippen LogP contribution is 2.30. The zero-order valence-corrected chi connectivity index (χ0v) is 16.3. The number of amides is 1. The fraction of sp³-hybridized carbons (Fsp3) is 0.316. The molecule has 0 aliphatic carbocycles. The lowest BCUT2D eigenvalue weighted by Gasteiger charge is -2.19. The fourth-order valence-corrected chi connectivity index (χ4v) is 4.56. The standard InChI is InChI=1S/C19H24N2O3S/c1-11-12(2)14(4)19(15(5)13(11)3)25(23,24)21-18-9-7-17(8-10-18)20-16(6)22/h7-10,21H,1-6H3,(H,20,22). The Bertz CT molecular complexity index is 901. The Hall–Kier alpha value is -2.34. The Morgan fingerprint density at radius 3 is 1.60 bits per heavy atom. The highest BCUT2D eigenvalue weighted by molar-refractivity contribution is 7.92. The maximum atomic E-state index is 12.9. The van der Waals surface area contributed by atoms with Gasteiger partial charge in [0.15, 0.2) is 0 Å². The topological polar surface area (TPSA) is 75.3 Å². The monoisotopic (exact) mass is 360 g/mol. The number of sulfonamides is 1. The molecule has 5 nitrogen and oxygen atoms in total. The van der Waals surface area contributed by atoms with Crippen LogP contribution in [0, 0.1) is 34.6 Å². The van der Waals surface area contributed by atoms with Crippen LogP contribution in [0.15, 0.2) is 29.2 Å². The second kappa shape index (κ2) is 6.88. The molecule has 0 spiro atoms. The number of rotatable bonds is 4. The van der Waals surface area contributed by atoms with E-state index >= 15 is 0 Å². The number of hydrogen-bond donors (Lipinski definition) is 2. The quantitative estimate of drug-likeness (QED) is 0.866. The first-order chi connectivity index (χ1) is 11.5. The summed E-state index contributed by atoms with van der Waals surface area (Å²) in [5.41, 5.74) is 5.70. The van der Waals surface area contributed by atoms with E-state index in [0.29, 0.717) is 16.3 Å². The van der Waals surface area contributed by atoms with Gasteiger partial charge < -0.3 is 5.32 Å². The van der Waals surface area contributed by atoms with Gasteiger partial charge in [-0.3, -0.25) is 9.52 Å². The number of benzene rings is 2. The summed E-state index contributed by atoms with van der Waals surface area (Å²) in [6, 6.07) is 6.57. The van der Waals surface area contributed by atoms with Crippen molar-refractivity contribution in [2.45, 2.75) is 46.4 Å². The highest BCUT2D eigenvalue weighted by Gasteiger charge is 2.23. The molecule has 0 radical (unpaired) electrons. The molecule has 0 fully saturated rings. The number of anilines is 2. The number of carbonyl (C=O) groups excluding carboxylic acids is 1. The van der Waals surface area contributed by atoms with Crippen molar-refractivity contribution in [1.29, 1.82) is 0 Å². The van der Waals surface area contributed by atoms with Gasteiger partial charge in [0.05, 0.1) is 4.90 Å². The summed E-state index contributed by atoms with van der Waals surface area (Å²) in [7, 11) is -3.71. The van der Waals surface area contributed by atoms with Crippen LogP contribution in [-0.2, 0) is 14.8 Å². The van der Waals surface area contributed by atoms with E-state index in [9.17, 15) is 13.2 Å². The smallest absolute Gasteiger partial charge is 0.262 e. The van der Waals surface area contributed by atoms with E-state index in [4.69, 9.17) is 0 Å². The van der Waals surface area contributed by atoms with E-state index in [2.05, 4.69) is 10.0 Å². The summed E-state index contributed by atoms with van der Waals surface area (Å²) >= 11 is 0. The number of hydrogen-bond acceptors (Lipinski definition) is 3. The molecule has 134 valence electrons. The molecule has 0 aromatic heterocycles. The first-order valence-electron chi connectivity index (χ1n) is 8.02. The van der Waals surface area contributed by atoms with Gasteiger partial charge in [-0.1, -0.05) is 0 Å². The minimum absolute atomic E-state index is 0.176. The van der Waals surface area contributed by atoms with Crippen molar-refractivity contribution in [3.05, 3.63) is 52.1 Å². The van der Waals surface area contributed by atoms with E-state index < -0.39 is 10.0 Å². The van der Waals surface area contributed by atoms with Crippen LogP contribution in [0.4, 0.5) is 11.4 Å². The Kier molecular flexibility index (Phi) is 5.23. The van der Waals surface area contributed by atoms with Crippen molar-refractivity contribution in [2.75, 3.05) is 10.0 Å². The second-order valence-corrected chi connectivity index (χ2v) is 7.94. The fourth-order valence-electron chi connectivity index (χ4n) is 2.90. The first-order valence-corrected chi connectivity index (χ1v) is 9.50. The lowest BCUT2D eigenvalue weighted by Crippen LogP contribution is -2.17. The molecule has 6 heteroatoms. The summed E-state index contributed by atoms with van der Waals surface area (Å²) < 4.78 is 28.5. The lowest BCUT2D eigenvalue weighted by atomic mass is 9.95. The van der Waals surface area contributed by atoms with Gasteiger partial charge in [-0.15, -0.1) is 0 Å². The average Bonchev–Trinajstić information content (AvgIpc) is 2.52. The van der Waals surface area contributed by atoms with Crippen molar-refractivity contribution < 1.29 is 13.2 Å². The maximum Gasteiger partial charge on any atom is 0.262 e. The van der Waals surface area contributed by atoms with Gasteiger partial charge in [-0.25, -0.2) is 8.42 Å². The SMILES string of the molecule is CC(=O)Nc1ccc(NS(=O)(=O)c2c(C)c(C)c(C)c(C)c2C)cc1. The molecular weight excluding hydrogens is 336 g/mol. The minimum atomic E-state index is -3.71. The minimum Gasteiger partial charge on any atom is -0.326 e. The molecule has 1 amide bonds. The summed E-state index contributed by atoms with van der Waals surface area (Å²) in [4.78, 5) is 11.4. The third kappa shape index (κ3) is 3.85. The summed E-state index contributed by atoms with van der Waals surface area (Å²) in [5, 5.41) is 2.65. The van der Waals surface area contributed by atoms with Gasteiger partial charge in [0.1, 0.15) is 0 Å². The van der Waals surface area contributed by atoms with Crippen LogP contribution in [0.1, 0.15) is 34.7 Å². The molecule has 0 atom stereocenters. The summed E-state index contributed by atoms with van der Waals surface area (Å²) in [6.07, 6.45) is 0. The van der Waals surface area contributed by atoms with Crippen molar-refractivity contribution in [1.82, 2.24) is 0 Å². The molecule has 2 aromatic rings. The molecular formula is C19H24N2O3S. The number of nitrogens with one attached hydrogen (secondary N) is 2. The average molecular weight is 360 g/mol. The molecule has 2 N–H and O–H groups in total. The van der Waals surface area contributed by atoms with Crippen LogP contribution >= 0.6 is 0 Å². The first kappa shape index (κ1) is 19.0. The van der Waals surface area contributed by atoms with Crippen LogP contribution in [0.25, 0.3) is 0 Å². The molecule has 0 unspecified atom stereocenters. The van der Waals surface area contributed by atoms with E-state index in [0.717, 1.165) is 27.8 Å². The van der Waals surface area contributed by atoms with Crippen LogP contribution in [-0.4, -0.2) is 14.3 Å². The van der Waals surface area contributed by atoms with Crippen LogP contribution < -0.4 is 10.0 Å². The van der Waals surface area contributed by atoms with Crippen LogP contribution in [0.2, 0.25) is 0 Å². The Morgan fingerprint density at radius 2 is 1.16 bits per heavy atom. The summed E-state index contributed by atoms with van der Waals surface area (Å²) in [5.74, 6) is -0.176. The molecule has 0 bridgehead atoms. The molecule has 0 heterocycles. The molecule has 2 rings (SSSR count). The van der Waals surface area contributed by atoms with Crippen molar-refractivity contribution in [2.24, 2.45) is 0 Å². The molecule has 0 aliphatic rings. The largest absolute Gasteiger partial charge is 0.326 e. The maximum absolute atomic E-state index is 12.9. The molecule has 0 saturated heterocycles. The van der Waals surface area contributed by atoms with E-state index in [-0.39, 0.29) is 5.91 Å². The van der Waals surface area contributed by atoms with Crippen molar-refractivity contribution in [3.63, 3.8) is 0 Å². The van der Waals surface area contributed by atoms with Gasteiger partial charge in [0.2, 0.25) is 5.91 Å². The van der Waals surface area contributed by atoms with Crippen molar-refractivity contribution >= 4 is 27.3 Å². The predicted octanol–water partition coefficient (Wildman–Crippen LogP) is 3.99. The Balaban J connectivity index is 2.42. The molecule has 0 saturated carbocycles. The number of carbonyl (C=O) groups is 1. The van der Waals surface area contributed by atoms with Gasteiger partial charge >= 0.3 is 0 Å².